The Labute approximate surface area is 146 Å². The van der Waals surface area contributed by atoms with E-state index in [4.69, 9.17) is 21.1 Å². The van der Waals surface area contributed by atoms with E-state index >= 15 is 0 Å². The van der Waals surface area contributed by atoms with Crippen LogP contribution >= 0.6 is 11.6 Å². The number of amides is 1. The topological polar surface area (TPSA) is 76.1 Å². The van der Waals surface area contributed by atoms with Gasteiger partial charge in [-0.3, -0.25) is 9.59 Å². The van der Waals surface area contributed by atoms with E-state index in [2.05, 4.69) is 0 Å². The number of aryl methyl sites for hydroxylation is 1. The van der Waals surface area contributed by atoms with E-state index < -0.39 is 17.5 Å². The van der Waals surface area contributed by atoms with Crippen LogP contribution in [0.3, 0.4) is 0 Å². The SMILES string of the molecule is COCC1(C(=O)O)CCN(C(=O)C(C)Oc2cc(C)ccc2Cl)C1. The van der Waals surface area contributed by atoms with Gasteiger partial charge in [-0.2, -0.15) is 0 Å². The number of carbonyl (C=O) groups excluding carboxylic acids is 1. The van der Waals surface area contributed by atoms with Crippen molar-refractivity contribution in [3.8, 4) is 5.75 Å². The first kappa shape index (κ1) is 18.5. The van der Waals surface area contributed by atoms with E-state index in [0.29, 0.717) is 23.7 Å². The Kier molecular flexibility index (Phi) is 5.72. The molecule has 1 aliphatic heterocycles. The van der Waals surface area contributed by atoms with Crippen molar-refractivity contribution in [1.82, 2.24) is 4.90 Å². The van der Waals surface area contributed by atoms with Crippen LogP contribution in [0.15, 0.2) is 18.2 Å². The molecule has 1 N–H and O–H groups in total. The van der Waals surface area contributed by atoms with Gasteiger partial charge < -0.3 is 19.5 Å². The second kappa shape index (κ2) is 7.40. The number of methoxy groups -OCH3 is 1. The van der Waals surface area contributed by atoms with E-state index in [1.807, 2.05) is 13.0 Å². The molecule has 2 rings (SSSR count). The zero-order chi connectivity index (χ0) is 17.9. The molecule has 0 aliphatic carbocycles. The van der Waals surface area contributed by atoms with Crippen molar-refractivity contribution >= 4 is 23.5 Å². The summed E-state index contributed by atoms with van der Waals surface area (Å²) in [5, 5.41) is 9.90. The summed E-state index contributed by atoms with van der Waals surface area (Å²) in [7, 11) is 1.46. The van der Waals surface area contributed by atoms with Crippen LogP contribution in [0.25, 0.3) is 0 Å². The number of benzene rings is 1. The highest BCUT2D eigenvalue weighted by atomic mass is 35.5. The zero-order valence-corrected chi connectivity index (χ0v) is 14.8. The Hall–Kier alpha value is -1.79. The first-order chi connectivity index (χ1) is 11.3. The minimum atomic E-state index is -1.05. The van der Waals surface area contributed by atoms with E-state index in [9.17, 15) is 14.7 Å². The summed E-state index contributed by atoms with van der Waals surface area (Å²) in [6.07, 6.45) is -0.392. The third kappa shape index (κ3) is 3.82. The number of carboxylic acid groups (broad SMARTS) is 1. The molecule has 0 spiro atoms. The van der Waals surface area contributed by atoms with Gasteiger partial charge in [0.25, 0.3) is 5.91 Å². The summed E-state index contributed by atoms with van der Waals surface area (Å²) < 4.78 is 10.7. The van der Waals surface area contributed by atoms with Gasteiger partial charge in [-0.25, -0.2) is 0 Å². The number of likely N-dealkylation sites (tertiary alicyclic amines) is 1. The molecular formula is C17H22ClNO5. The van der Waals surface area contributed by atoms with Gasteiger partial charge in [-0.1, -0.05) is 17.7 Å². The molecule has 0 radical (unpaired) electrons. The van der Waals surface area contributed by atoms with Crippen LogP contribution in [-0.2, 0) is 14.3 Å². The third-order valence-corrected chi connectivity index (χ3v) is 4.59. The highest BCUT2D eigenvalue weighted by Crippen LogP contribution is 2.32. The number of halogens is 1. The highest BCUT2D eigenvalue weighted by molar-refractivity contribution is 6.32. The normalized spacial score (nSPS) is 21.6. The Morgan fingerprint density at radius 1 is 1.46 bits per heavy atom. The smallest absolute Gasteiger partial charge is 0.313 e. The number of carboxylic acids is 1. The second-order valence-electron chi connectivity index (χ2n) is 6.22. The van der Waals surface area contributed by atoms with Gasteiger partial charge in [0.15, 0.2) is 6.10 Å². The van der Waals surface area contributed by atoms with Crippen molar-refractivity contribution in [1.29, 1.82) is 0 Å². The van der Waals surface area contributed by atoms with Crippen LogP contribution in [0.5, 0.6) is 5.75 Å². The van der Waals surface area contributed by atoms with E-state index in [1.54, 1.807) is 19.1 Å². The maximum absolute atomic E-state index is 12.6. The fourth-order valence-corrected chi connectivity index (χ4v) is 3.05. The fourth-order valence-electron chi connectivity index (χ4n) is 2.89. The summed E-state index contributed by atoms with van der Waals surface area (Å²) in [5.41, 5.74) is -0.0781. The molecule has 1 fully saturated rings. The summed E-state index contributed by atoms with van der Waals surface area (Å²) >= 11 is 6.09. The van der Waals surface area contributed by atoms with Crippen LogP contribution in [0.4, 0.5) is 0 Å². The van der Waals surface area contributed by atoms with Crippen LogP contribution < -0.4 is 4.74 Å². The van der Waals surface area contributed by atoms with Crippen LogP contribution in [0.1, 0.15) is 18.9 Å². The Morgan fingerprint density at radius 2 is 2.17 bits per heavy atom. The van der Waals surface area contributed by atoms with Gasteiger partial charge in [0.2, 0.25) is 0 Å². The molecule has 0 bridgehead atoms. The van der Waals surface area contributed by atoms with Crippen LogP contribution in [0, 0.1) is 12.3 Å². The maximum atomic E-state index is 12.6. The van der Waals surface area contributed by atoms with Crippen molar-refractivity contribution in [2.45, 2.75) is 26.4 Å². The van der Waals surface area contributed by atoms with Gasteiger partial charge in [-0.05, 0) is 38.0 Å². The molecule has 132 valence electrons. The average molecular weight is 356 g/mol. The number of aliphatic carboxylic acids is 1. The van der Waals surface area contributed by atoms with Crippen molar-refractivity contribution in [3.05, 3.63) is 28.8 Å². The van der Waals surface area contributed by atoms with Crippen molar-refractivity contribution in [2.75, 3.05) is 26.8 Å². The van der Waals surface area contributed by atoms with Gasteiger partial charge in [0, 0.05) is 20.2 Å². The molecule has 7 heteroatoms. The molecule has 24 heavy (non-hydrogen) atoms. The predicted molar refractivity (Wildman–Crippen MR) is 89.4 cm³/mol. The number of hydrogen-bond acceptors (Lipinski definition) is 4. The Bertz CT molecular complexity index is 635. The number of ether oxygens (including phenoxy) is 2. The van der Waals surface area contributed by atoms with Gasteiger partial charge in [0.1, 0.15) is 11.2 Å². The van der Waals surface area contributed by atoms with Gasteiger partial charge in [-0.15, -0.1) is 0 Å². The molecule has 1 saturated heterocycles. The quantitative estimate of drug-likeness (QED) is 0.847. The highest BCUT2D eigenvalue weighted by Gasteiger charge is 2.47. The van der Waals surface area contributed by atoms with Crippen molar-refractivity contribution < 1.29 is 24.2 Å². The fraction of sp³-hybridized carbons (Fsp3) is 0.529. The predicted octanol–water partition coefficient (Wildman–Crippen LogP) is 2.37. The van der Waals surface area contributed by atoms with Crippen molar-refractivity contribution in [3.63, 3.8) is 0 Å². The second-order valence-corrected chi connectivity index (χ2v) is 6.63. The summed E-state index contributed by atoms with van der Waals surface area (Å²) in [6.45, 7) is 4.10. The minimum Gasteiger partial charge on any atom is -0.481 e. The Balaban J connectivity index is 2.06. The van der Waals surface area contributed by atoms with Crippen LogP contribution in [0.2, 0.25) is 5.02 Å². The molecule has 6 nitrogen and oxygen atoms in total. The van der Waals surface area contributed by atoms with E-state index in [1.165, 1.54) is 12.0 Å². The molecule has 2 unspecified atom stereocenters. The number of rotatable bonds is 6. The molecular weight excluding hydrogens is 334 g/mol. The molecule has 1 aliphatic rings. The molecule has 1 aromatic carbocycles. The molecule has 2 atom stereocenters. The molecule has 1 heterocycles. The first-order valence-electron chi connectivity index (χ1n) is 7.73. The molecule has 1 aromatic rings. The first-order valence-corrected chi connectivity index (χ1v) is 8.11. The van der Waals surface area contributed by atoms with E-state index in [-0.39, 0.29) is 19.1 Å². The number of nitrogens with zero attached hydrogens (tertiary/aromatic N) is 1. The molecule has 1 amide bonds. The average Bonchev–Trinajstić information content (AvgIpc) is 2.96. The monoisotopic (exact) mass is 355 g/mol. The lowest BCUT2D eigenvalue weighted by Gasteiger charge is -2.25. The number of hydrogen-bond donors (Lipinski definition) is 1. The lowest BCUT2D eigenvalue weighted by atomic mass is 9.88. The summed E-state index contributed by atoms with van der Waals surface area (Å²) in [5.74, 6) is -0.764. The molecule has 0 aromatic heterocycles. The van der Waals surface area contributed by atoms with Gasteiger partial charge in [0.05, 0.1) is 11.6 Å². The van der Waals surface area contributed by atoms with Crippen molar-refractivity contribution in [2.24, 2.45) is 5.41 Å². The molecule has 0 saturated carbocycles. The standard InChI is InChI=1S/C17H22ClNO5/c1-11-4-5-13(18)14(8-11)24-12(2)15(20)19-7-6-17(9-19,10-23-3)16(21)22/h4-5,8,12H,6-7,9-10H2,1-3H3,(H,21,22). The summed E-state index contributed by atoms with van der Waals surface area (Å²) in [4.78, 5) is 25.7. The minimum absolute atomic E-state index is 0.0745. The largest absolute Gasteiger partial charge is 0.481 e. The Morgan fingerprint density at radius 3 is 2.79 bits per heavy atom. The zero-order valence-electron chi connectivity index (χ0n) is 14.0. The summed E-state index contributed by atoms with van der Waals surface area (Å²) in [6, 6.07) is 5.34. The van der Waals surface area contributed by atoms with Gasteiger partial charge >= 0.3 is 5.97 Å². The maximum Gasteiger partial charge on any atom is 0.313 e. The van der Waals surface area contributed by atoms with Crippen LogP contribution in [-0.4, -0.2) is 54.8 Å². The lowest BCUT2D eigenvalue weighted by Crippen LogP contribution is -2.43. The lowest BCUT2D eigenvalue weighted by molar-refractivity contribution is -0.152. The van der Waals surface area contributed by atoms with E-state index in [0.717, 1.165) is 5.56 Å². The third-order valence-electron chi connectivity index (χ3n) is 4.28. The number of carbonyl (C=O) groups is 2.